The third-order valence-electron chi connectivity index (χ3n) is 4.73. The first-order valence-electron chi connectivity index (χ1n) is 7.97. The smallest absolute Gasteiger partial charge is 0.0558 e. The van der Waals surface area contributed by atoms with E-state index in [1.54, 1.807) is 0 Å². The third-order valence-corrected chi connectivity index (χ3v) is 4.73. The summed E-state index contributed by atoms with van der Waals surface area (Å²) < 4.78 is 0. The van der Waals surface area contributed by atoms with Crippen molar-refractivity contribution in [3.8, 4) is 0 Å². The van der Waals surface area contributed by atoms with Crippen LogP contribution in [0, 0.1) is 0 Å². The van der Waals surface area contributed by atoms with Gasteiger partial charge in [-0.05, 0) is 24.0 Å². The Morgan fingerprint density at radius 2 is 1.76 bits per heavy atom. The van der Waals surface area contributed by atoms with Crippen LogP contribution in [0.1, 0.15) is 36.8 Å². The SMILES string of the molecule is NCC1(c2cccc(CN(CCO)CCO)c2)CCCC1. The Balaban J connectivity index is 2.13. The molecule has 118 valence electrons. The minimum atomic E-state index is 0.117. The average molecular weight is 292 g/mol. The first kappa shape index (κ1) is 16.4. The second-order valence-electron chi connectivity index (χ2n) is 6.12. The first-order chi connectivity index (χ1) is 10.2. The summed E-state index contributed by atoms with van der Waals surface area (Å²) in [6.07, 6.45) is 4.90. The van der Waals surface area contributed by atoms with E-state index in [1.165, 1.54) is 36.8 Å². The largest absolute Gasteiger partial charge is 0.395 e. The number of hydrogen-bond donors (Lipinski definition) is 3. The van der Waals surface area contributed by atoms with E-state index >= 15 is 0 Å². The van der Waals surface area contributed by atoms with Gasteiger partial charge in [0.1, 0.15) is 0 Å². The Morgan fingerprint density at radius 3 is 2.33 bits per heavy atom. The van der Waals surface area contributed by atoms with E-state index in [-0.39, 0.29) is 18.6 Å². The van der Waals surface area contributed by atoms with Crippen LogP contribution in [0.4, 0.5) is 0 Å². The number of hydrogen-bond acceptors (Lipinski definition) is 4. The van der Waals surface area contributed by atoms with Crippen LogP contribution in [-0.2, 0) is 12.0 Å². The molecule has 1 fully saturated rings. The molecule has 0 aromatic heterocycles. The molecule has 4 nitrogen and oxygen atoms in total. The summed E-state index contributed by atoms with van der Waals surface area (Å²) >= 11 is 0. The highest BCUT2D eigenvalue weighted by molar-refractivity contribution is 5.31. The minimum Gasteiger partial charge on any atom is -0.395 e. The lowest BCUT2D eigenvalue weighted by atomic mass is 9.78. The summed E-state index contributed by atoms with van der Waals surface area (Å²) in [6, 6.07) is 8.69. The number of aliphatic hydroxyl groups is 2. The van der Waals surface area contributed by atoms with Gasteiger partial charge >= 0.3 is 0 Å². The number of nitrogens with two attached hydrogens (primary N) is 1. The molecule has 0 heterocycles. The number of benzene rings is 1. The number of aliphatic hydroxyl groups excluding tert-OH is 2. The van der Waals surface area contributed by atoms with Crippen LogP contribution in [0.2, 0.25) is 0 Å². The molecule has 0 aliphatic heterocycles. The van der Waals surface area contributed by atoms with Crippen molar-refractivity contribution in [2.24, 2.45) is 5.73 Å². The van der Waals surface area contributed by atoms with Crippen molar-refractivity contribution in [3.05, 3.63) is 35.4 Å². The molecule has 1 aromatic rings. The fraction of sp³-hybridized carbons (Fsp3) is 0.647. The lowest BCUT2D eigenvalue weighted by Gasteiger charge is -2.29. The molecule has 21 heavy (non-hydrogen) atoms. The van der Waals surface area contributed by atoms with Gasteiger partial charge in [0.2, 0.25) is 0 Å². The Labute approximate surface area is 127 Å². The zero-order valence-corrected chi connectivity index (χ0v) is 12.8. The third kappa shape index (κ3) is 4.04. The highest BCUT2D eigenvalue weighted by atomic mass is 16.3. The van der Waals surface area contributed by atoms with Crippen LogP contribution in [0.25, 0.3) is 0 Å². The van der Waals surface area contributed by atoms with Crippen LogP contribution in [-0.4, -0.2) is 48.0 Å². The van der Waals surface area contributed by atoms with Gasteiger partial charge in [0.05, 0.1) is 13.2 Å². The lowest BCUT2D eigenvalue weighted by Crippen LogP contribution is -2.32. The standard InChI is InChI=1S/C17H28N2O2/c18-14-17(6-1-2-7-17)16-5-3-4-15(12-16)13-19(8-10-20)9-11-21/h3-5,12,20-21H,1-2,6-11,13-14,18H2. The molecular weight excluding hydrogens is 264 g/mol. The van der Waals surface area contributed by atoms with Crippen molar-refractivity contribution in [2.45, 2.75) is 37.6 Å². The van der Waals surface area contributed by atoms with Crippen LogP contribution < -0.4 is 5.73 Å². The van der Waals surface area contributed by atoms with E-state index in [0.29, 0.717) is 19.6 Å². The summed E-state index contributed by atoms with van der Waals surface area (Å²) in [5, 5.41) is 18.2. The Hall–Kier alpha value is -0.940. The lowest BCUT2D eigenvalue weighted by molar-refractivity contribution is 0.156. The molecule has 0 atom stereocenters. The van der Waals surface area contributed by atoms with Crippen molar-refractivity contribution in [2.75, 3.05) is 32.8 Å². The molecular formula is C17H28N2O2. The Bertz CT molecular complexity index is 425. The average Bonchev–Trinajstić information content (AvgIpc) is 2.98. The van der Waals surface area contributed by atoms with Crippen LogP contribution in [0.15, 0.2) is 24.3 Å². The fourth-order valence-corrected chi connectivity index (χ4v) is 3.47. The van der Waals surface area contributed by atoms with Gasteiger partial charge in [-0.1, -0.05) is 37.1 Å². The topological polar surface area (TPSA) is 69.7 Å². The van der Waals surface area contributed by atoms with Gasteiger partial charge in [-0.3, -0.25) is 4.90 Å². The van der Waals surface area contributed by atoms with E-state index in [2.05, 4.69) is 29.2 Å². The molecule has 1 aliphatic carbocycles. The Kier molecular flexibility index (Phi) is 6.18. The zero-order chi connectivity index (χ0) is 15.1. The van der Waals surface area contributed by atoms with E-state index in [4.69, 9.17) is 15.9 Å². The van der Waals surface area contributed by atoms with Crippen molar-refractivity contribution in [1.29, 1.82) is 0 Å². The van der Waals surface area contributed by atoms with Gasteiger partial charge in [-0.15, -0.1) is 0 Å². The molecule has 0 spiro atoms. The molecule has 4 N–H and O–H groups in total. The van der Waals surface area contributed by atoms with Crippen LogP contribution in [0.3, 0.4) is 0 Å². The van der Waals surface area contributed by atoms with Crippen LogP contribution in [0.5, 0.6) is 0 Å². The predicted octanol–water partition coefficient (Wildman–Crippen LogP) is 1.24. The molecule has 4 heteroatoms. The predicted molar refractivity (Wildman–Crippen MR) is 85.1 cm³/mol. The molecule has 0 radical (unpaired) electrons. The molecule has 1 saturated carbocycles. The van der Waals surface area contributed by atoms with Crippen LogP contribution >= 0.6 is 0 Å². The molecule has 0 saturated heterocycles. The molecule has 1 aliphatic rings. The maximum Gasteiger partial charge on any atom is 0.0558 e. The van der Waals surface area contributed by atoms with Gasteiger partial charge in [-0.25, -0.2) is 0 Å². The molecule has 1 aromatic carbocycles. The van der Waals surface area contributed by atoms with Crippen molar-refractivity contribution >= 4 is 0 Å². The molecule has 0 bridgehead atoms. The van der Waals surface area contributed by atoms with Gasteiger partial charge in [-0.2, -0.15) is 0 Å². The van der Waals surface area contributed by atoms with Crippen molar-refractivity contribution < 1.29 is 10.2 Å². The maximum atomic E-state index is 9.11. The summed E-state index contributed by atoms with van der Waals surface area (Å²) in [5.41, 5.74) is 8.82. The number of nitrogens with zero attached hydrogens (tertiary/aromatic N) is 1. The summed E-state index contributed by atoms with van der Waals surface area (Å²) in [7, 11) is 0. The summed E-state index contributed by atoms with van der Waals surface area (Å²) in [5.74, 6) is 0. The Morgan fingerprint density at radius 1 is 1.10 bits per heavy atom. The molecule has 2 rings (SSSR count). The first-order valence-corrected chi connectivity index (χ1v) is 7.97. The van der Waals surface area contributed by atoms with Gasteiger partial charge in [0, 0.05) is 31.6 Å². The monoisotopic (exact) mass is 292 g/mol. The second-order valence-corrected chi connectivity index (χ2v) is 6.12. The molecule has 0 amide bonds. The maximum absolute atomic E-state index is 9.11. The highest BCUT2D eigenvalue weighted by Crippen LogP contribution is 2.40. The van der Waals surface area contributed by atoms with E-state index in [1.807, 2.05) is 0 Å². The second kappa shape index (κ2) is 7.90. The normalized spacial score (nSPS) is 17.5. The van der Waals surface area contributed by atoms with E-state index in [9.17, 15) is 0 Å². The summed E-state index contributed by atoms with van der Waals surface area (Å²) in [6.45, 7) is 2.89. The number of rotatable bonds is 8. The van der Waals surface area contributed by atoms with Crippen molar-refractivity contribution in [1.82, 2.24) is 4.90 Å². The summed E-state index contributed by atoms with van der Waals surface area (Å²) in [4.78, 5) is 2.07. The van der Waals surface area contributed by atoms with Gasteiger partial charge < -0.3 is 15.9 Å². The zero-order valence-electron chi connectivity index (χ0n) is 12.8. The highest BCUT2D eigenvalue weighted by Gasteiger charge is 2.34. The quantitative estimate of drug-likeness (QED) is 0.674. The fourth-order valence-electron chi connectivity index (χ4n) is 3.47. The van der Waals surface area contributed by atoms with E-state index < -0.39 is 0 Å². The molecule has 0 unspecified atom stereocenters. The minimum absolute atomic E-state index is 0.117. The van der Waals surface area contributed by atoms with Gasteiger partial charge in [0.25, 0.3) is 0 Å². The van der Waals surface area contributed by atoms with Crippen molar-refractivity contribution in [3.63, 3.8) is 0 Å². The van der Waals surface area contributed by atoms with Gasteiger partial charge in [0.15, 0.2) is 0 Å². The van der Waals surface area contributed by atoms with E-state index in [0.717, 1.165) is 6.54 Å².